The number of piperidine rings is 1. The molecule has 8 nitrogen and oxygen atoms in total. The molecule has 2 aliphatic heterocycles. The number of non-ortho nitro benzene ring substituents is 1. The summed E-state index contributed by atoms with van der Waals surface area (Å²) in [5.74, 6) is 0.664. The molecule has 0 unspecified atom stereocenters. The lowest BCUT2D eigenvalue weighted by Gasteiger charge is -2.37. The first-order valence-corrected chi connectivity index (χ1v) is 10.6. The molecule has 2 aromatic rings. The second-order valence-corrected chi connectivity index (χ2v) is 8.04. The smallest absolute Gasteiger partial charge is 0.271 e. The van der Waals surface area contributed by atoms with Gasteiger partial charge in [0.25, 0.3) is 11.6 Å². The van der Waals surface area contributed by atoms with Crippen molar-refractivity contribution in [2.75, 3.05) is 49.1 Å². The molecule has 2 saturated heterocycles. The molecule has 0 bridgehead atoms. The maximum absolute atomic E-state index is 12.7. The fourth-order valence-corrected chi connectivity index (χ4v) is 4.33. The number of aromatic nitrogens is 1. The number of carbonyl (C=O) groups excluding carboxylic acids is 1. The summed E-state index contributed by atoms with van der Waals surface area (Å²) in [6.07, 6.45) is 4.87. The molecule has 0 N–H and O–H groups in total. The van der Waals surface area contributed by atoms with Gasteiger partial charge in [0.05, 0.1) is 15.5 Å². The Morgan fingerprint density at radius 3 is 2.37 bits per heavy atom. The van der Waals surface area contributed by atoms with E-state index in [0.29, 0.717) is 42.6 Å². The number of halogens is 1. The first kappa shape index (κ1) is 20.4. The van der Waals surface area contributed by atoms with Gasteiger partial charge in [-0.3, -0.25) is 14.9 Å². The predicted octanol–water partition coefficient (Wildman–Crippen LogP) is 3.60. The number of carbonyl (C=O) groups is 1. The highest BCUT2D eigenvalue weighted by Gasteiger charge is 2.23. The molecule has 3 heterocycles. The van der Waals surface area contributed by atoms with Gasteiger partial charge in [0, 0.05) is 63.3 Å². The average Bonchev–Trinajstić information content (AvgIpc) is 2.79. The lowest BCUT2D eigenvalue weighted by molar-refractivity contribution is -0.384. The van der Waals surface area contributed by atoms with Crippen molar-refractivity contribution >= 4 is 34.7 Å². The van der Waals surface area contributed by atoms with Crippen LogP contribution in [0.4, 0.5) is 17.2 Å². The Labute approximate surface area is 180 Å². The van der Waals surface area contributed by atoms with E-state index in [1.807, 2.05) is 11.0 Å². The van der Waals surface area contributed by atoms with Crippen LogP contribution in [-0.2, 0) is 0 Å². The van der Waals surface area contributed by atoms with Gasteiger partial charge >= 0.3 is 0 Å². The zero-order valence-electron chi connectivity index (χ0n) is 16.7. The standard InChI is InChI=1S/C21H24ClN5O3/c22-19-13-16(21(28)26-7-2-1-3-8-26)15-23-20(19)25-11-9-24(10-12-25)17-5-4-6-18(14-17)27(29)30/h4-6,13-15H,1-3,7-12H2. The summed E-state index contributed by atoms with van der Waals surface area (Å²) in [6.45, 7) is 4.36. The zero-order chi connectivity index (χ0) is 21.1. The van der Waals surface area contributed by atoms with E-state index in [-0.39, 0.29) is 16.5 Å². The van der Waals surface area contributed by atoms with Crippen LogP contribution in [0.1, 0.15) is 29.6 Å². The monoisotopic (exact) mass is 429 g/mol. The Morgan fingerprint density at radius 2 is 1.70 bits per heavy atom. The Hall–Kier alpha value is -2.87. The van der Waals surface area contributed by atoms with Gasteiger partial charge in [-0.2, -0.15) is 0 Å². The summed E-state index contributed by atoms with van der Waals surface area (Å²) in [5, 5.41) is 11.5. The summed E-state index contributed by atoms with van der Waals surface area (Å²) in [7, 11) is 0. The van der Waals surface area contributed by atoms with E-state index in [1.165, 1.54) is 12.5 Å². The van der Waals surface area contributed by atoms with Crippen molar-refractivity contribution in [2.24, 2.45) is 0 Å². The van der Waals surface area contributed by atoms with Crippen molar-refractivity contribution in [1.82, 2.24) is 9.88 Å². The van der Waals surface area contributed by atoms with Gasteiger partial charge in [0.2, 0.25) is 0 Å². The van der Waals surface area contributed by atoms with Crippen molar-refractivity contribution in [3.8, 4) is 0 Å². The van der Waals surface area contributed by atoms with E-state index in [1.54, 1.807) is 24.4 Å². The third kappa shape index (κ3) is 4.33. The third-order valence-electron chi connectivity index (χ3n) is 5.70. The van der Waals surface area contributed by atoms with Crippen LogP contribution in [0.25, 0.3) is 0 Å². The summed E-state index contributed by atoms with van der Waals surface area (Å²) < 4.78 is 0. The molecule has 0 atom stereocenters. The third-order valence-corrected chi connectivity index (χ3v) is 5.98. The Balaban J connectivity index is 1.41. The van der Waals surface area contributed by atoms with E-state index in [4.69, 9.17) is 11.6 Å². The maximum Gasteiger partial charge on any atom is 0.271 e. The molecule has 4 rings (SSSR count). The number of nitro benzene ring substituents is 1. The fourth-order valence-electron chi connectivity index (χ4n) is 4.04. The van der Waals surface area contributed by atoms with E-state index in [2.05, 4.69) is 14.8 Å². The summed E-state index contributed by atoms with van der Waals surface area (Å²) in [5.41, 5.74) is 1.46. The molecular weight excluding hydrogens is 406 g/mol. The summed E-state index contributed by atoms with van der Waals surface area (Å²) in [6, 6.07) is 8.40. The molecule has 0 aliphatic carbocycles. The zero-order valence-corrected chi connectivity index (χ0v) is 17.4. The quantitative estimate of drug-likeness (QED) is 0.545. The number of benzene rings is 1. The number of amides is 1. The molecule has 158 valence electrons. The molecular formula is C21H24ClN5O3. The van der Waals surface area contributed by atoms with Crippen molar-refractivity contribution in [3.05, 3.63) is 57.2 Å². The van der Waals surface area contributed by atoms with Crippen molar-refractivity contribution in [2.45, 2.75) is 19.3 Å². The molecule has 0 saturated carbocycles. The van der Waals surface area contributed by atoms with Crippen LogP contribution in [0.2, 0.25) is 5.02 Å². The van der Waals surface area contributed by atoms with Crippen LogP contribution in [0.5, 0.6) is 0 Å². The van der Waals surface area contributed by atoms with Gasteiger partial charge in [-0.05, 0) is 31.4 Å². The Morgan fingerprint density at radius 1 is 1.00 bits per heavy atom. The van der Waals surface area contributed by atoms with Gasteiger partial charge in [-0.15, -0.1) is 0 Å². The topological polar surface area (TPSA) is 82.8 Å². The van der Waals surface area contributed by atoms with Crippen LogP contribution in [0.3, 0.4) is 0 Å². The normalized spacial score (nSPS) is 17.2. The van der Waals surface area contributed by atoms with Gasteiger partial charge in [0.15, 0.2) is 0 Å². The van der Waals surface area contributed by atoms with E-state index < -0.39 is 0 Å². The van der Waals surface area contributed by atoms with Crippen LogP contribution in [0.15, 0.2) is 36.5 Å². The molecule has 2 fully saturated rings. The first-order valence-electron chi connectivity index (χ1n) is 10.2. The largest absolute Gasteiger partial charge is 0.368 e. The number of nitro groups is 1. The number of anilines is 2. The minimum atomic E-state index is -0.379. The number of nitrogens with zero attached hydrogens (tertiary/aromatic N) is 5. The number of hydrogen-bond donors (Lipinski definition) is 0. The lowest BCUT2D eigenvalue weighted by Crippen LogP contribution is -2.47. The van der Waals surface area contributed by atoms with Crippen LogP contribution in [-0.4, -0.2) is 60.0 Å². The van der Waals surface area contributed by atoms with Gasteiger partial charge in [-0.25, -0.2) is 4.98 Å². The van der Waals surface area contributed by atoms with Crippen molar-refractivity contribution in [3.63, 3.8) is 0 Å². The SMILES string of the molecule is O=C(c1cnc(N2CCN(c3cccc([N+](=O)[O-])c3)CC2)c(Cl)c1)N1CCCCC1. The Bertz CT molecular complexity index is 940. The number of likely N-dealkylation sites (tertiary alicyclic amines) is 1. The number of rotatable bonds is 4. The lowest BCUT2D eigenvalue weighted by atomic mass is 10.1. The molecule has 30 heavy (non-hydrogen) atoms. The van der Waals surface area contributed by atoms with E-state index in [0.717, 1.165) is 31.6 Å². The second-order valence-electron chi connectivity index (χ2n) is 7.63. The molecule has 0 radical (unpaired) electrons. The summed E-state index contributed by atoms with van der Waals surface area (Å²) in [4.78, 5) is 33.9. The number of hydrogen-bond acceptors (Lipinski definition) is 6. The summed E-state index contributed by atoms with van der Waals surface area (Å²) >= 11 is 6.49. The highest BCUT2D eigenvalue weighted by atomic mass is 35.5. The average molecular weight is 430 g/mol. The van der Waals surface area contributed by atoms with Crippen molar-refractivity contribution in [1.29, 1.82) is 0 Å². The van der Waals surface area contributed by atoms with Crippen LogP contribution in [0, 0.1) is 10.1 Å². The minimum absolute atomic E-state index is 0.00820. The Kier molecular flexibility index (Phi) is 6.03. The van der Waals surface area contributed by atoms with Crippen molar-refractivity contribution < 1.29 is 9.72 Å². The predicted molar refractivity (Wildman–Crippen MR) is 117 cm³/mol. The molecule has 9 heteroatoms. The highest BCUT2D eigenvalue weighted by molar-refractivity contribution is 6.33. The molecule has 0 spiro atoms. The van der Waals surface area contributed by atoms with Gasteiger partial charge in [0.1, 0.15) is 5.82 Å². The maximum atomic E-state index is 12.7. The molecule has 1 aromatic heterocycles. The molecule has 2 aliphatic rings. The number of piperazine rings is 1. The molecule has 1 amide bonds. The molecule has 1 aromatic carbocycles. The fraction of sp³-hybridized carbons (Fsp3) is 0.429. The minimum Gasteiger partial charge on any atom is -0.368 e. The van der Waals surface area contributed by atoms with Gasteiger partial charge < -0.3 is 14.7 Å². The van der Waals surface area contributed by atoms with E-state index >= 15 is 0 Å². The first-order chi connectivity index (χ1) is 14.5. The van der Waals surface area contributed by atoms with Crippen LogP contribution >= 0.6 is 11.6 Å². The van der Waals surface area contributed by atoms with Gasteiger partial charge in [-0.1, -0.05) is 17.7 Å². The van der Waals surface area contributed by atoms with Crippen LogP contribution < -0.4 is 9.80 Å². The van der Waals surface area contributed by atoms with E-state index in [9.17, 15) is 14.9 Å². The second kappa shape index (κ2) is 8.87. The number of pyridine rings is 1. The highest BCUT2D eigenvalue weighted by Crippen LogP contribution is 2.28.